The third-order valence-corrected chi connectivity index (χ3v) is 4.92. The number of nitrogens with zero attached hydrogens (tertiary/aromatic N) is 4. The molecule has 8 nitrogen and oxygen atoms in total. The highest BCUT2D eigenvalue weighted by Crippen LogP contribution is 2.25. The van der Waals surface area contributed by atoms with Crippen LogP contribution < -0.4 is 10.5 Å². The van der Waals surface area contributed by atoms with Gasteiger partial charge in [-0.3, -0.25) is 9.36 Å². The summed E-state index contributed by atoms with van der Waals surface area (Å²) in [4.78, 5) is 23.5. The molecule has 0 saturated carbocycles. The van der Waals surface area contributed by atoms with E-state index >= 15 is 0 Å². The Balaban J connectivity index is 1.72. The van der Waals surface area contributed by atoms with E-state index in [0.29, 0.717) is 36.1 Å². The van der Waals surface area contributed by atoms with Gasteiger partial charge in [-0.05, 0) is 5.92 Å². The van der Waals surface area contributed by atoms with Crippen molar-refractivity contribution in [2.45, 2.75) is 26.5 Å². The summed E-state index contributed by atoms with van der Waals surface area (Å²) in [5.74, 6) is 0.406. The monoisotopic (exact) mass is 368 g/mol. The highest BCUT2D eigenvalue weighted by molar-refractivity contribution is 7.22. The van der Waals surface area contributed by atoms with E-state index in [2.05, 4.69) is 14.9 Å². The minimum atomic E-state index is -0.748. The minimum absolute atomic E-state index is 0.157. The molecule has 1 aliphatic rings. The lowest BCUT2D eigenvalue weighted by molar-refractivity contribution is 0.0176. The van der Waals surface area contributed by atoms with Crippen molar-refractivity contribution in [3.8, 4) is 0 Å². The van der Waals surface area contributed by atoms with Gasteiger partial charge in [-0.1, -0.05) is 25.2 Å². The van der Waals surface area contributed by atoms with E-state index in [0.717, 1.165) is 18.2 Å². The van der Waals surface area contributed by atoms with E-state index in [4.69, 9.17) is 9.47 Å². The van der Waals surface area contributed by atoms with Gasteiger partial charge in [0.2, 0.25) is 0 Å². The van der Waals surface area contributed by atoms with Crippen LogP contribution in [0.5, 0.6) is 0 Å². The molecular formula is C16H24N4O4S. The van der Waals surface area contributed by atoms with Crippen LogP contribution in [-0.2, 0) is 16.0 Å². The van der Waals surface area contributed by atoms with Crippen molar-refractivity contribution in [2.24, 2.45) is 5.92 Å². The molecule has 0 aliphatic carbocycles. The number of hydrogen-bond donors (Lipinski definition) is 1. The topological polar surface area (TPSA) is 89.7 Å². The van der Waals surface area contributed by atoms with E-state index in [1.807, 2.05) is 13.8 Å². The zero-order chi connectivity index (χ0) is 17.8. The van der Waals surface area contributed by atoms with Gasteiger partial charge < -0.3 is 19.5 Å². The zero-order valence-electron chi connectivity index (χ0n) is 14.6. The molecule has 138 valence electrons. The van der Waals surface area contributed by atoms with Gasteiger partial charge in [0.25, 0.3) is 5.56 Å². The SMILES string of the molecule is CC(C)COCC(O)Cn1cnc2nc(N3CCOCC3)sc2c1=O. The predicted molar refractivity (Wildman–Crippen MR) is 96.4 cm³/mol. The maximum absolute atomic E-state index is 12.6. The van der Waals surface area contributed by atoms with E-state index in [1.165, 1.54) is 22.2 Å². The standard InChI is InChI=1S/C16H24N4O4S/c1-11(2)8-24-9-12(21)7-20-10-17-14-13(15(20)22)25-16(18-14)19-3-5-23-6-4-19/h10-12,21H,3-9H2,1-2H3. The quantitative estimate of drug-likeness (QED) is 0.770. The average molecular weight is 368 g/mol. The number of thiazole rings is 1. The molecule has 0 bridgehead atoms. The summed E-state index contributed by atoms with van der Waals surface area (Å²) in [6, 6.07) is 0. The molecule has 1 saturated heterocycles. The van der Waals surface area contributed by atoms with Gasteiger partial charge in [-0.15, -0.1) is 0 Å². The average Bonchev–Trinajstić information content (AvgIpc) is 3.03. The summed E-state index contributed by atoms with van der Waals surface area (Å²) in [5.41, 5.74) is 0.281. The van der Waals surface area contributed by atoms with Crippen LogP contribution in [-0.4, -0.2) is 65.3 Å². The smallest absolute Gasteiger partial charge is 0.273 e. The van der Waals surface area contributed by atoms with Crippen LogP contribution in [0.1, 0.15) is 13.8 Å². The Bertz CT molecular complexity index is 754. The number of rotatable bonds is 7. The lowest BCUT2D eigenvalue weighted by Gasteiger charge is -2.25. The second kappa shape index (κ2) is 8.22. The molecular weight excluding hydrogens is 344 g/mol. The molecule has 1 atom stereocenters. The fourth-order valence-corrected chi connectivity index (χ4v) is 3.60. The number of aromatic nitrogens is 3. The number of aliphatic hydroxyl groups excluding tert-OH is 1. The van der Waals surface area contributed by atoms with Gasteiger partial charge in [-0.25, -0.2) is 4.98 Å². The Labute approximate surface area is 150 Å². The van der Waals surface area contributed by atoms with Crippen LogP contribution in [0, 0.1) is 5.92 Å². The van der Waals surface area contributed by atoms with Crippen molar-refractivity contribution < 1.29 is 14.6 Å². The zero-order valence-corrected chi connectivity index (χ0v) is 15.4. The first-order chi connectivity index (χ1) is 12.0. The molecule has 2 aromatic heterocycles. The highest BCUT2D eigenvalue weighted by Gasteiger charge is 2.18. The van der Waals surface area contributed by atoms with Crippen molar-refractivity contribution in [3.63, 3.8) is 0 Å². The number of ether oxygens (including phenoxy) is 2. The van der Waals surface area contributed by atoms with E-state index in [-0.39, 0.29) is 18.7 Å². The number of fused-ring (bicyclic) bond motifs is 1. The van der Waals surface area contributed by atoms with Gasteiger partial charge in [0.15, 0.2) is 10.8 Å². The van der Waals surface area contributed by atoms with Crippen molar-refractivity contribution >= 4 is 26.8 Å². The van der Waals surface area contributed by atoms with Gasteiger partial charge >= 0.3 is 0 Å². The first-order valence-electron chi connectivity index (χ1n) is 8.49. The fourth-order valence-electron chi connectivity index (χ4n) is 2.57. The fraction of sp³-hybridized carbons (Fsp3) is 0.688. The van der Waals surface area contributed by atoms with Crippen LogP contribution in [0.3, 0.4) is 0 Å². The number of aliphatic hydroxyl groups is 1. The molecule has 1 fully saturated rings. The molecule has 25 heavy (non-hydrogen) atoms. The summed E-state index contributed by atoms with van der Waals surface area (Å²) < 4.78 is 12.7. The van der Waals surface area contributed by atoms with E-state index in [1.54, 1.807) is 0 Å². The summed E-state index contributed by atoms with van der Waals surface area (Å²) in [6.07, 6.45) is 0.696. The summed E-state index contributed by atoms with van der Waals surface area (Å²) in [6.45, 7) is 7.89. The molecule has 0 spiro atoms. The molecule has 2 aromatic rings. The summed E-state index contributed by atoms with van der Waals surface area (Å²) in [5, 5.41) is 10.9. The molecule has 0 aromatic carbocycles. The lowest BCUT2D eigenvalue weighted by Crippen LogP contribution is -2.36. The largest absolute Gasteiger partial charge is 0.389 e. The molecule has 3 heterocycles. The molecule has 9 heteroatoms. The molecule has 0 amide bonds. The molecule has 3 rings (SSSR count). The Morgan fingerprint density at radius 3 is 2.84 bits per heavy atom. The van der Waals surface area contributed by atoms with Crippen molar-refractivity contribution in [3.05, 3.63) is 16.7 Å². The second-order valence-corrected chi connectivity index (χ2v) is 7.51. The molecule has 1 unspecified atom stereocenters. The van der Waals surface area contributed by atoms with Gasteiger partial charge in [0, 0.05) is 19.7 Å². The Hall–Kier alpha value is -1.55. The van der Waals surface area contributed by atoms with Gasteiger partial charge in [0.05, 0.1) is 32.5 Å². The van der Waals surface area contributed by atoms with Crippen LogP contribution in [0.2, 0.25) is 0 Å². The third-order valence-electron chi connectivity index (χ3n) is 3.82. The molecule has 1 aliphatic heterocycles. The van der Waals surface area contributed by atoms with E-state index < -0.39 is 6.10 Å². The maximum atomic E-state index is 12.6. The Kier molecular flexibility index (Phi) is 6.00. The first kappa shape index (κ1) is 18.2. The van der Waals surface area contributed by atoms with Crippen molar-refractivity contribution in [1.82, 2.24) is 14.5 Å². The molecule has 1 N–H and O–H groups in total. The Morgan fingerprint density at radius 1 is 1.36 bits per heavy atom. The van der Waals surface area contributed by atoms with Crippen molar-refractivity contribution in [2.75, 3.05) is 44.4 Å². The Morgan fingerprint density at radius 2 is 2.12 bits per heavy atom. The predicted octanol–water partition coefficient (Wildman–Crippen LogP) is 0.723. The minimum Gasteiger partial charge on any atom is -0.389 e. The van der Waals surface area contributed by atoms with Crippen LogP contribution >= 0.6 is 11.3 Å². The van der Waals surface area contributed by atoms with Gasteiger partial charge in [-0.2, -0.15) is 4.98 Å². The van der Waals surface area contributed by atoms with Crippen LogP contribution in [0.25, 0.3) is 10.3 Å². The first-order valence-corrected chi connectivity index (χ1v) is 9.30. The van der Waals surface area contributed by atoms with Crippen molar-refractivity contribution in [1.29, 1.82) is 0 Å². The second-order valence-electron chi connectivity index (χ2n) is 6.54. The van der Waals surface area contributed by atoms with Gasteiger partial charge in [0.1, 0.15) is 11.0 Å². The third kappa shape index (κ3) is 4.55. The summed E-state index contributed by atoms with van der Waals surface area (Å²) in [7, 11) is 0. The normalized spacial score (nSPS) is 16.7. The summed E-state index contributed by atoms with van der Waals surface area (Å²) >= 11 is 1.34. The van der Waals surface area contributed by atoms with Crippen LogP contribution in [0.4, 0.5) is 5.13 Å². The maximum Gasteiger partial charge on any atom is 0.273 e. The molecule has 0 radical (unpaired) electrons. The number of morpholine rings is 1. The van der Waals surface area contributed by atoms with Crippen LogP contribution in [0.15, 0.2) is 11.1 Å². The number of anilines is 1. The lowest BCUT2D eigenvalue weighted by atomic mass is 10.2. The number of hydrogen-bond acceptors (Lipinski definition) is 8. The highest BCUT2D eigenvalue weighted by atomic mass is 32.1. The van der Waals surface area contributed by atoms with E-state index in [9.17, 15) is 9.90 Å².